The second-order valence-corrected chi connectivity index (χ2v) is 11.3. The number of rotatable bonds is 10. The average Bonchev–Trinajstić information content (AvgIpc) is 3.43. The largest absolute Gasteiger partial charge is 0.505 e. The number of carbonyl (C=O) groups excluding carboxylic acids is 1. The molecule has 1 aliphatic heterocycles. The Morgan fingerprint density at radius 2 is 1.73 bits per heavy atom. The van der Waals surface area contributed by atoms with Crippen LogP contribution in [0.25, 0.3) is 0 Å². The van der Waals surface area contributed by atoms with Gasteiger partial charge in [0.25, 0.3) is 0 Å². The standard InChI is InChI=1S/C22H26Cl2N4O4S.C2HF3O2/c1-28(11-7-15-2-4-16(5-3-15)22-26-9-10-27-22)20(29)6-8-25-14-33(31,32)17-12-18(23)21(30)19(24)13-17;3-2(4,5)1(6)7/h2-5,12-13,25,30H,6-11,14H2,1H3,(H,26,27);(H,6,7). The van der Waals surface area contributed by atoms with Gasteiger partial charge < -0.3 is 25.7 Å². The van der Waals surface area contributed by atoms with Gasteiger partial charge in [0.05, 0.1) is 21.5 Å². The van der Waals surface area contributed by atoms with E-state index in [1.54, 1.807) is 11.9 Å². The fraction of sp³-hybridized carbons (Fsp3) is 0.375. The second kappa shape index (κ2) is 14.5. The lowest BCUT2D eigenvalue weighted by Crippen LogP contribution is -2.32. The van der Waals surface area contributed by atoms with Crippen molar-refractivity contribution in [3.05, 3.63) is 57.6 Å². The van der Waals surface area contributed by atoms with Crippen LogP contribution in [0.5, 0.6) is 5.75 Å². The molecule has 0 saturated heterocycles. The molecule has 40 heavy (non-hydrogen) atoms. The van der Waals surface area contributed by atoms with Crippen molar-refractivity contribution in [2.75, 3.05) is 39.1 Å². The van der Waals surface area contributed by atoms with Crippen LogP contribution in [0.3, 0.4) is 0 Å². The van der Waals surface area contributed by atoms with E-state index in [9.17, 15) is 31.5 Å². The summed E-state index contributed by atoms with van der Waals surface area (Å²) < 4.78 is 56.6. The number of aliphatic imine (C=N–C) groups is 1. The van der Waals surface area contributed by atoms with Crippen LogP contribution in [0.1, 0.15) is 17.5 Å². The third-order valence-corrected chi connectivity index (χ3v) is 7.58. The van der Waals surface area contributed by atoms with E-state index in [4.69, 9.17) is 33.1 Å². The number of hydrogen-bond acceptors (Lipinski definition) is 8. The number of phenols is 1. The molecule has 0 atom stereocenters. The number of halogens is 5. The smallest absolute Gasteiger partial charge is 0.490 e. The molecule has 1 aliphatic rings. The third kappa shape index (κ3) is 10.2. The maximum absolute atomic E-state index is 12.4. The molecule has 4 N–H and O–H groups in total. The number of sulfone groups is 1. The van der Waals surface area contributed by atoms with E-state index in [-0.39, 0.29) is 45.4 Å². The zero-order chi connectivity index (χ0) is 30.1. The number of carboxylic acid groups (broad SMARTS) is 1. The van der Waals surface area contributed by atoms with E-state index in [1.807, 2.05) is 24.3 Å². The van der Waals surface area contributed by atoms with E-state index >= 15 is 0 Å². The van der Waals surface area contributed by atoms with Crippen molar-refractivity contribution < 1.29 is 41.4 Å². The molecule has 0 radical (unpaired) electrons. The summed E-state index contributed by atoms with van der Waals surface area (Å²) >= 11 is 11.6. The number of likely N-dealkylation sites (N-methyl/N-ethyl adjacent to an activating group) is 1. The number of alkyl halides is 3. The van der Waals surface area contributed by atoms with Crippen LogP contribution in [-0.4, -0.2) is 86.5 Å². The zero-order valence-electron chi connectivity index (χ0n) is 21.1. The van der Waals surface area contributed by atoms with Crippen molar-refractivity contribution in [3.63, 3.8) is 0 Å². The van der Waals surface area contributed by atoms with Crippen LogP contribution in [-0.2, 0) is 25.8 Å². The number of nitrogens with zero attached hydrogens (tertiary/aromatic N) is 2. The molecule has 0 aliphatic carbocycles. The Morgan fingerprint density at radius 3 is 2.23 bits per heavy atom. The Labute approximate surface area is 238 Å². The van der Waals surface area contributed by atoms with E-state index in [2.05, 4.69) is 15.6 Å². The Kier molecular flexibility index (Phi) is 12.0. The molecule has 0 unspecified atom stereocenters. The number of carboxylic acids is 1. The van der Waals surface area contributed by atoms with Crippen LogP contribution in [0.4, 0.5) is 13.2 Å². The van der Waals surface area contributed by atoms with Gasteiger partial charge in [0.15, 0.2) is 15.6 Å². The first-order valence-electron chi connectivity index (χ1n) is 11.6. The van der Waals surface area contributed by atoms with Crippen molar-refractivity contribution in [2.24, 2.45) is 4.99 Å². The van der Waals surface area contributed by atoms with Crippen LogP contribution in [0, 0.1) is 0 Å². The predicted octanol–water partition coefficient (Wildman–Crippen LogP) is 3.09. The maximum atomic E-state index is 12.4. The summed E-state index contributed by atoms with van der Waals surface area (Å²) in [5, 5.41) is 22.4. The average molecular weight is 627 g/mol. The Bertz CT molecular complexity index is 1320. The Hall–Kier alpha value is -3.07. The number of hydrogen-bond donors (Lipinski definition) is 4. The minimum Gasteiger partial charge on any atom is -0.505 e. The minimum absolute atomic E-state index is 0.0863. The number of carbonyl (C=O) groups is 2. The van der Waals surface area contributed by atoms with Gasteiger partial charge in [-0.25, -0.2) is 13.2 Å². The lowest BCUT2D eigenvalue weighted by atomic mass is 10.1. The normalized spacial score (nSPS) is 13.1. The lowest BCUT2D eigenvalue weighted by molar-refractivity contribution is -0.192. The summed E-state index contributed by atoms with van der Waals surface area (Å²) in [6, 6.07) is 10.4. The van der Waals surface area contributed by atoms with E-state index in [1.165, 1.54) is 0 Å². The molecule has 0 fully saturated rings. The number of nitrogens with one attached hydrogen (secondary N) is 2. The van der Waals surface area contributed by atoms with Crippen LogP contribution >= 0.6 is 23.2 Å². The summed E-state index contributed by atoms with van der Waals surface area (Å²) in [4.78, 5) is 27.2. The molecular weight excluding hydrogens is 600 g/mol. The fourth-order valence-corrected chi connectivity index (χ4v) is 5.03. The summed E-state index contributed by atoms with van der Waals surface area (Å²) in [5.41, 5.74) is 2.17. The van der Waals surface area contributed by atoms with Crippen LogP contribution in [0.2, 0.25) is 10.0 Å². The Balaban J connectivity index is 0.000000708. The highest BCUT2D eigenvalue weighted by atomic mass is 35.5. The highest BCUT2D eigenvalue weighted by Crippen LogP contribution is 2.34. The first-order valence-corrected chi connectivity index (χ1v) is 14.1. The van der Waals surface area contributed by atoms with Gasteiger partial charge in [-0.1, -0.05) is 47.5 Å². The first-order chi connectivity index (χ1) is 18.6. The summed E-state index contributed by atoms with van der Waals surface area (Å²) in [6.45, 7) is 2.42. The van der Waals surface area contributed by atoms with Gasteiger partial charge >= 0.3 is 12.1 Å². The summed E-state index contributed by atoms with van der Waals surface area (Å²) in [6.07, 6.45) is -4.21. The molecule has 1 heterocycles. The van der Waals surface area contributed by atoms with Gasteiger partial charge in [0, 0.05) is 38.7 Å². The zero-order valence-corrected chi connectivity index (χ0v) is 23.5. The van der Waals surface area contributed by atoms with E-state index in [0.29, 0.717) is 13.0 Å². The third-order valence-electron chi connectivity index (χ3n) is 5.46. The summed E-state index contributed by atoms with van der Waals surface area (Å²) in [7, 11) is -2.00. The van der Waals surface area contributed by atoms with Crippen molar-refractivity contribution in [3.8, 4) is 5.75 Å². The second-order valence-electron chi connectivity index (χ2n) is 8.47. The molecule has 0 saturated carbocycles. The van der Waals surface area contributed by atoms with Crippen molar-refractivity contribution >= 4 is 50.8 Å². The molecular formula is C24H27Cl2F3N4O6S. The predicted molar refractivity (Wildman–Crippen MR) is 144 cm³/mol. The molecule has 16 heteroatoms. The van der Waals surface area contributed by atoms with Gasteiger partial charge in [-0.3, -0.25) is 9.79 Å². The van der Waals surface area contributed by atoms with Gasteiger partial charge in [-0.2, -0.15) is 13.2 Å². The van der Waals surface area contributed by atoms with Crippen molar-refractivity contribution in [2.45, 2.75) is 23.9 Å². The van der Waals surface area contributed by atoms with E-state index < -0.39 is 22.0 Å². The molecule has 0 aromatic heterocycles. The van der Waals surface area contributed by atoms with Crippen LogP contribution in [0.15, 0.2) is 46.3 Å². The maximum Gasteiger partial charge on any atom is 0.490 e. The minimum atomic E-state index is -5.08. The molecule has 1 amide bonds. The lowest BCUT2D eigenvalue weighted by Gasteiger charge is -2.17. The molecule has 0 spiro atoms. The number of aliphatic carboxylic acids is 1. The molecule has 0 bridgehead atoms. The van der Waals surface area contributed by atoms with Gasteiger partial charge in [0.2, 0.25) is 5.91 Å². The molecule has 2 aromatic rings. The highest BCUT2D eigenvalue weighted by Gasteiger charge is 2.38. The molecule has 2 aromatic carbocycles. The number of benzene rings is 2. The van der Waals surface area contributed by atoms with Gasteiger partial charge in [0.1, 0.15) is 11.7 Å². The molecule has 3 rings (SSSR count). The number of aromatic hydroxyl groups is 1. The first kappa shape index (κ1) is 33.1. The number of phenolic OH excluding ortho intramolecular Hbond substituents is 1. The Morgan fingerprint density at radius 1 is 1.15 bits per heavy atom. The fourth-order valence-electron chi connectivity index (χ4n) is 3.24. The summed E-state index contributed by atoms with van der Waals surface area (Å²) in [5.74, 6) is -2.67. The monoisotopic (exact) mass is 626 g/mol. The van der Waals surface area contributed by atoms with Crippen molar-refractivity contribution in [1.82, 2.24) is 15.5 Å². The van der Waals surface area contributed by atoms with Gasteiger partial charge in [-0.15, -0.1) is 0 Å². The van der Waals surface area contributed by atoms with E-state index in [0.717, 1.165) is 42.2 Å². The molecule has 220 valence electrons. The number of amides is 1. The van der Waals surface area contributed by atoms with Crippen LogP contribution < -0.4 is 10.6 Å². The van der Waals surface area contributed by atoms with Gasteiger partial charge in [-0.05, 0) is 24.1 Å². The topological polar surface area (TPSA) is 148 Å². The number of amidine groups is 1. The highest BCUT2D eigenvalue weighted by molar-refractivity contribution is 7.91. The SMILES string of the molecule is CN(CCc1ccc(C2=NCCN2)cc1)C(=O)CCNCS(=O)(=O)c1cc(Cl)c(O)c(Cl)c1.O=C(O)C(F)(F)F. The van der Waals surface area contributed by atoms with Crippen molar-refractivity contribution in [1.29, 1.82) is 0 Å². The quantitative estimate of drug-likeness (QED) is 0.294. The molecule has 10 nitrogen and oxygen atoms in total.